The first kappa shape index (κ1) is 21.8. The molecule has 0 aliphatic heterocycles. The molecule has 0 aliphatic carbocycles. The summed E-state index contributed by atoms with van der Waals surface area (Å²) in [5, 5.41) is 13.5. The summed E-state index contributed by atoms with van der Waals surface area (Å²) >= 11 is 0. The van der Waals surface area contributed by atoms with Crippen molar-refractivity contribution in [1.29, 1.82) is 0 Å². The van der Waals surface area contributed by atoms with E-state index in [0.29, 0.717) is 29.9 Å². The van der Waals surface area contributed by atoms with Crippen LogP contribution in [0.15, 0.2) is 54.6 Å². The molecule has 2 amide bonds. The van der Waals surface area contributed by atoms with Crippen LogP contribution in [0.3, 0.4) is 0 Å². The lowest BCUT2D eigenvalue weighted by Gasteiger charge is -2.21. The summed E-state index contributed by atoms with van der Waals surface area (Å²) in [6, 6.07) is 12.8. The van der Waals surface area contributed by atoms with Crippen LogP contribution >= 0.6 is 0 Å². The van der Waals surface area contributed by atoms with Crippen LogP contribution < -0.4 is 5.32 Å². The van der Waals surface area contributed by atoms with E-state index in [4.69, 9.17) is 0 Å². The summed E-state index contributed by atoms with van der Waals surface area (Å²) in [5.74, 6) is -0.447. The predicted octanol–water partition coefficient (Wildman–Crippen LogP) is 4.51. The molecule has 1 N–H and O–H groups in total. The Bertz CT molecular complexity index is 902. The lowest BCUT2D eigenvalue weighted by Crippen LogP contribution is -2.32. The van der Waals surface area contributed by atoms with Crippen molar-refractivity contribution in [3.8, 4) is 0 Å². The SMILES string of the molecule is CCCN(CCC)C(=O)c1cccc(NC(=O)/C=C/c2cccc([N+](=O)[O-])c2)c1. The quantitative estimate of drug-likeness (QED) is 0.384. The van der Waals surface area contributed by atoms with Gasteiger partial charge in [-0.2, -0.15) is 0 Å². The fourth-order valence-corrected chi connectivity index (χ4v) is 2.87. The maximum Gasteiger partial charge on any atom is 0.270 e. The lowest BCUT2D eigenvalue weighted by molar-refractivity contribution is -0.384. The van der Waals surface area contributed by atoms with E-state index in [2.05, 4.69) is 5.32 Å². The zero-order valence-corrected chi connectivity index (χ0v) is 16.6. The number of benzene rings is 2. The van der Waals surface area contributed by atoms with Crippen molar-refractivity contribution in [1.82, 2.24) is 4.90 Å². The second kappa shape index (κ2) is 10.8. The first-order chi connectivity index (χ1) is 13.9. The maximum atomic E-state index is 12.7. The van der Waals surface area contributed by atoms with E-state index >= 15 is 0 Å². The third-order valence-electron chi connectivity index (χ3n) is 4.16. The van der Waals surface area contributed by atoms with Gasteiger partial charge in [-0.25, -0.2) is 0 Å². The van der Waals surface area contributed by atoms with Crippen LogP contribution in [0.2, 0.25) is 0 Å². The average molecular weight is 395 g/mol. The molecule has 29 heavy (non-hydrogen) atoms. The normalized spacial score (nSPS) is 10.7. The van der Waals surface area contributed by atoms with Crippen LogP contribution in [-0.2, 0) is 4.79 Å². The number of carbonyl (C=O) groups is 2. The summed E-state index contributed by atoms with van der Waals surface area (Å²) in [6.07, 6.45) is 4.56. The summed E-state index contributed by atoms with van der Waals surface area (Å²) < 4.78 is 0. The third kappa shape index (κ3) is 6.57. The molecule has 0 saturated carbocycles. The average Bonchev–Trinajstić information content (AvgIpc) is 2.72. The zero-order valence-electron chi connectivity index (χ0n) is 16.6. The van der Waals surface area contributed by atoms with Crippen LogP contribution in [0, 0.1) is 10.1 Å². The molecular weight excluding hydrogens is 370 g/mol. The van der Waals surface area contributed by atoms with E-state index in [1.165, 1.54) is 24.3 Å². The third-order valence-corrected chi connectivity index (χ3v) is 4.16. The van der Waals surface area contributed by atoms with Gasteiger partial charge in [0.05, 0.1) is 4.92 Å². The summed E-state index contributed by atoms with van der Waals surface area (Å²) in [5.41, 5.74) is 1.54. The molecule has 2 rings (SSSR count). The second-order valence-electron chi connectivity index (χ2n) is 6.55. The molecular formula is C22H25N3O4. The van der Waals surface area contributed by atoms with Gasteiger partial charge < -0.3 is 10.2 Å². The summed E-state index contributed by atoms with van der Waals surface area (Å²) in [7, 11) is 0. The number of non-ortho nitro benzene ring substituents is 1. The van der Waals surface area contributed by atoms with Crippen LogP contribution in [0.1, 0.15) is 42.6 Å². The highest BCUT2D eigenvalue weighted by Crippen LogP contribution is 2.16. The van der Waals surface area contributed by atoms with Crippen molar-refractivity contribution >= 4 is 29.3 Å². The van der Waals surface area contributed by atoms with Gasteiger partial charge in [-0.05, 0) is 42.7 Å². The topological polar surface area (TPSA) is 92.6 Å². The van der Waals surface area contributed by atoms with E-state index in [9.17, 15) is 19.7 Å². The minimum absolute atomic E-state index is 0.0394. The number of nitrogens with one attached hydrogen (secondary N) is 1. The van der Waals surface area contributed by atoms with Gasteiger partial charge >= 0.3 is 0 Å². The largest absolute Gasteiger partial charge is 0.339 e. The number of anilines is 1. The number of rotatable bonds is 9. The molecule has 0 atom stereocenters. The Hall–Kier alpha value is -3.48. The Balaban J connectivity index is 2.07. The lowest BCUT2D eigenvalue weighted by atomic mass is 10.1. The molecule has 0 saturated heterocycles. The molecule has 152 valence electrons. The molecule has 0 unspecified atom stereocenters. The van der Waals surface area contributed by atoms with Crippen molar-refractivity contribution in [3.05, 3.63) is 75.8 Å². The molecule has 0 fully saturated rings. The first-order valence-corrected chi connectivity index (χ1v) is 9.57. The van der Waals surface area contributed by atoms with Crippen molar-refractivity contribution in [3.63, 3.8) is 0 Å². The molecule has 0 aromatic heterocycles. The highest BCUT2D eigenvalue weighted by molar-refractivity contribution is 6.03. The van der Waals surface area contributed by atoms with E-state index < -0.39 is 4.92 Å². The van der Waals surface area contributed by atoms with Crippen molar-refractivity contribution < 1.29 is 14.5 Å². The van der Waals surface area contributed by atoms with Crippen LogP contribution in [0.25, 0.3) is 6.08 Å². The maximum absolute atomic E-state index is 12.7. The molecule has 7 nitrogen and oxygen atoms in total. The van der Waals surface area contributed by atoms with Gasteiger partial charge in [0, 0.05) is 42.5 Å². The van der Waals surface area contributed by atoms with Gasteiger partial charge in [-0.1, -0.05) is 32.0 Å². The highest BCUT2D eigenvalue weighted by Gasteiger charge is 2.14. The Morgan fingerprint density at radius 1 is 1.07 bits per heavy atom. The minimum Gasteiger partial charge on any atom is -0.339 e. The Kier molecular flexibility index (Phi) is 8.09. The van der Waals surface area contributed by atoms with Crippen LogP contribution in [-0.4, -0.2) is 34.7 Å². The van der Waals surface area contributed by atoms with Crippen LogP contribution in [0.4, 0.5) is 11.4 Å². The Morgan fingerprint density at radius 2 is 1.76 bits per heavy atom. The smallest absolute Gasteiger partial charge is 0.270 e. The number of nitro groups is 1. The molecule has 0 spiro atoms. The van der Waals surface area contributed by atoms with Crippen molar-refractivity contribution in [2.24, 2.45) is 0 Å². The van der Waals surface area contributed by atoms with E-state index in [0.717, 1.165) is 12.8 Å². The highest BCUT2D eigenvalue weighted by atomic mass is 16.6. The molecule has 0 aliphatic rings. The standard InChI is InChI=1S/C22H25N3O4/c1-3-13-24(14-4-2)22(27)18-8-6-9-19(16-18)23-21(26)12-11-17-7-5-10-20(15-17)25(28)29/h5-12,15-16H,3-4,13-14H2,1-2H3,(H,23,26)/b12-11+. The second-order valence-corrected chi connectivity index (χ2v) is 6.55. The Morgan fingerprint density at radius 3 is 2.41 bits per heavy atom. The van der Waals surface area contributed by atoms with Gasteiger partial charge in [0.15, 0.2) is 0 Å². The Labute approximate surface area is 170 Å². The number of nitrogens with zero attached hydrogens (tertiary/aromatic N) is 2. The molecule has 2 aromatic rings. The molecule has 2 aromatic carbocycles. The van der Waals surface area contributed by atoms with Gasteiger partial charge in [0.25, 0.3) is 11.6 Å². The first-order valence-electron chi connectivity index (χ1n) is 9.57. The number of nitro benzene ring substituents is 1. The van der Waals surface area contributed by atoms with Gasteiger partial charge in [0.1, 0.15) is 0 Å². The molecule has 7 heteroatoms. The number of hydrogen-bond donors (Lipinski definition) is 1. The van der Waals surface area contributed by atoms with Gasteiger partial charge in [-0.15, -0.1) is 0 Å². The zero-order chi connectivity index (χ0) is 21.2. The fourth-order valence-electron chi connectivity index (χ4n) is 2.87. The monoisotopic (exact) mass is 395 g/mol. The van der Waals surface area contributed by atoms with Crippen molar-refractivity contribution in [2.45, 2.75) is 26.7 Å². The molecule has 0 radical (unpaired) electrons. The van der Waals surface area contributed by atoms with E-state index in [1.807, 2.05) is 18.7 Å². The number of hydrogen-bond acceptors (Lipinski definition) is 4. The molecule has 0 bridgehead atoms. The number of amides is 2. The number of carbonyl (C=O) groups excluding carboxylic acids is 2. The van der Waals surface area contributed by atoms with Gasteiger partial charge in [-0.3, -0.25) is 19.7 Å². The minimum atomic E-state index is -0.486. The fraction of sp³-hybridized carbons (Fsp3) is 0.273. The van der Waals surface area contributed by atoms with Gasteiger partial charge in [0.2, 0.25) is 5.91 Å². The van der Waals surface area contributed by atoms with E-state index in [-0.39, 0.29) is 17.5 Å². The summed E-state index contributed by atoms with van der Waals surface area (Å²) in [6.45, 7) is 5.44. The van der Waals surface area contributed by atoms with Crippen LogP contribution in [0.5, 0.6) is 0 Å². The van der Waals surface area contributed by atoms with Crippen molar-refractivity contribution in [2.75, 3.05) is 18.4 Å². The summed E-state index contributed by atoms with van der Waals surface area (Å²) in [4.78, 5) is 37.0. The van der Waals surface area contributed by atoms with E-state index in [1.54, 1.807) is 36.4 Å². The molecule has 0 heterocycles. The predicted molar refractivity (Wildman–Crippen MR) is 114 cm³/mol.